The van der Waals surface area contributed by atoms with Crippen LogP contribution in [0.2, 0.25) is 0 Å². The molecule has 3 aliphatic heterocycles. The number of esters is 1. The third-order valence-electron chi connectivity index (χ3n) is 8.81. The number of carbonyl (C=O) groups excluding carboxylic acids is 1. The average Bonchev–Trinajstić information content (AvgIpc) is 3.48. The molecular weight excluding hydrogens is 691 g/mol. The number of benzene rings is 2. The lowest BCUT2D eigenvalue weighted by Crippen LogP contribution is -2.40. The van der Waals surface area contributed by atoms with Crippen LogP contribution in [-0.2, 0) is 19.0 Å². The van der Waals surface area contributed by atoms with Crippen molar-refractivity contribution in [2.45, 2.75) is 19.9 Å². The fourth-order valence-electron chi connectivity index (χ4n) is 6.19. The summed E-state index contributed by atoms with van der Waals surface area (Å²) >= 11 is 1.24. The number of carbonyl (C=O) groups is 1. The maximum absolute atomic E-state index is 14.1. The second-order valence-electron chi connectivity index (χ2n) is 12.0. The monoisotopic (exact) mass is 729 g/mol. The Balaban J connectivity index is 1.23. The van der Waals surface area contributed by atoms with Crippen molar-refractivity contribution >= 4 is 35.3 Å². The van der Waals surface area contributed by atoms with Gasteiger partial charge in [-0.15, -0.1) is 0 Å². The number of allylic oxidation sites excluding steroid dienone is 1. The second-order valence-corrected chi connectivity index (χ2v) is 13.0. The maximum Gasteiger partial charge on any atom is 0.338 e. The molecule has 4 aromatic rings. The molecule has 5 heterocycles. The molecule has 2 aromatic carbocycles. The summed E-state index contributed by atoms with van der Waals surface area (Å²) < 4.78 is 35.8. The Hall–Kier alpha value is -5.32. The molecule has 0 aliphatic carbocycles. The molecule has 0 amide bonds. The van der Waals surface area contributed by atoms with Crippen molar-refractivity contribution in [2.75, 3.05) is 83.2 Å². The number of aromatic nitrogens is 4. The number of nitrogens with zero attached hydrogens (tertiary/aromatic N) is 7. The highest BCUT2D eigenvalue weighted by atomic mass is 32.1. The molecule has 0 spiro atoms. The van der Waals surface area contributed by atoms with Crippen LogP contribution in [0.15, 0.2) is 63.5 Å². The van der Waals surface area contributed by atoms with Gasteiger partial charge >= 0.3 is 12.0 Å². The van der Waals surface area contributed by atoms with Crippen LogP contribution < -0.4 is 38.9 Å². The van der Waals surface area contributed by atoms with Gasteiger partial charge in [-0.3, -0.25) is 9.36 Å². The number of hydrogen-bond acceptors (Lipinski definition) is 15. The van der Waals surface area contributed by atoms with Crippen molar-refractivity contribution < 1.29 is 33.2 Å². The van der Waals surface area contributed by atoms with Gasteiger partial charge in [0.2, 0.25) is 11.9 Å². The standard InChI is InChI=1S/C36H39N7O8S/c1-5-50-32(45)29-22(2)37-36-43(30(29)24-7-9-25(46-3)10-8-24)31(44)28(52-36)21-23-6-11-26(27(20-23)47-4)51-35-39-33(41-12-16-48-17-13-41)38-34(40-35)42-14-18-49-19-15-42/h6-11,20-21,30H,5,12-19H2,1-4H3/t30-/m1/s1. The van der Waals surface area contributed by atoms with Gasteiger partial charge in [-0.05, 0) is 55.3 Å². The molecule has 3 aliphatic rings. The summed E-state index contributed by atoms with van der Waals surface area (Å²) in [5, 5.41) is 0. The van der Waals surface area contributed by atoms with E-state index in [9.17, 15) is 9.59 Å². The molecule has 16 heteroatoms. The Bertz CT molecular complexity index is 2120. The molecule has 2 saturated heterocycles. The summed E-state index contributed by atoms with van der Waals surface area (Å²) in [5.74, 6) is 1.96. The minimum Gasteiger partial charge on any atom is -0.497 e. The summed E-state index contributed by atoms with van der Waals surface area (Å²) in [5.41, 5.74) is 1.91. The number of fused-ring (bicyclic) bond motifs is 1. The smallest absolute Gasteiger partial charge is 0.338 e. The van der Waals surface area contributed by atoms with Crippen molar-refractivity contribution in [3.05, 3.63) is 84.5 Å². The van der Waals surface area contributed by atoms with E-state index in [0.717, 1.165) is 5.56 Å². The molecule has 2 fully saturated rings. The molecule has 0 unspecified atom stereocenters. The van der Waals surface area contributed by atoms with Gasteiger partial charge in [0.25, 0.3) is 5.56 Å². The number of hydrogen-bond donors (Lipinski definition) is 0. The van der Waals surface area contributed by atoms with Crippen LogP contribution in [0.3, 0.4) is 0 Å². The van der Waals surface area contributed by atoms with E-state index in [-0.39, 0.29) is 18.2 Å². The number of anilines is 2. The molecule has 0 radical (unpaired) electrons. The average molecular weight is 730 g/mol. The first-order chi connectivity index (χ1) is 25.4. The van der Waals surface area contributed by atoms with E-state index in [1.807, 2.05) is 18.2 Å². The minimum absolute atomic E-state index is 0.128. The number of thiazole rings is 1. The molecule has 7 rings (SSSR count). The first-order valence-electron chi connectivity index (χ1n) is 17.0. The zero-order valence-electron chi connectivity index (χ0n) is 29.4. The lowest BCUT2D eigenvalue weighted by atomic mass is 9.96. The van der Waals surface area contributed by atoms with Gasteiger partial charge < -0.3 is 38.2 Å². The van der Waals surface area contributed by atoms with Gasteiger partial charge in [-0.25, -0.2) is 9.79 Å². The van der Waals surface area contributed by atoms with Crippen LogP contribution in [0.25, 0.3) is 6.08 Å². The van der Waals surface area contributed by atoms with E-state index in [1.54, 1.807) is 63.0 Å². The molecule has 15 nitrogen and oxygen atoms in total. The highest BCUT2D eigenvalue weighted by molar-refractivity contribution is 7.07. The van der Waals surface area contributed by atoms with Crippen LogP contribution in [-0.4, -0.2) is 98.9 Å². The Morgan fingerprint density at radius 3 is 2.15 bits per heavy atom. The molecule has 2 aromatic heterocycles. The predicted molar refractivity (Wildman–Crippen MR) is 192 cm³/mol. The van der Waals surface area contributed by atoms with E-state index in [2.05, 4.69) is 24.8 Å². The highest BCUT2D eigenvalue weighted by Crippen LogP contribution is 2.34. The van der Waals surface area contributed by atoms with Crippen molar-refractivity contribution in [3.63, 3.8) is 0 Å². The van der Waals surface area contributed by atoms with Crippen molar-refractivity contribution in [1.82, 2.24) is 19.5 Å². The lowest BCUT2D eigenvalue weighted by molar-refractivity contribution is -0.139. The second kappa shape index (κ2) is 15.5. The normalized spacial score (nSPS) is 17.8. The fourth-order valence-corrected chi connectivity index (χ4v) is 7.24. The van der Waals surface area contributed by atoms with E-state index < -0.39 is 12.0 Å². The van der Waals surface area contributed by atoms with Gasteiger partial charge in [0.1, 0.15) is 5.75 Å². The summed E-state index contributed by atoms with van der Waals surface area (Å²) in [7, 11) is 3.12. The van der Waals surface area contributed by atoms with Crippen LogP contribution >= 0.6 is 11.3 Å². The molecule has 0 saturated carbocycles. The van der Waals surface area contributed by atoms with Crippen LogP contribution in [0.5, 0.6) is 23.3 Å². The first kappa shape index (κ1) is 35.1. The number of morpholine rings is 2. The molecule has 0 N–H and O–H groups in total. The maximum atomic E-state index is 14.1. The Kier molecular flexibility index (Phi) is 10.5. The zero-order chi connectivity index (χ0) is 36.2. The third-order valence-corrected chi connectivity index (χ3v) is 9.80. The highest BCUT2D eigenvalue weighted by Gasteiger charge is 2.33. The largest absolute Gasteiger partial charge is 0.497 e. The molecular formula is C36H39N7O8S. The Morgan fingerprint density at radius 2 is 1.56 bits per heavy atom. The third kappa shape index (κ3) is 7.22. The number of ether oxygens (including phenoxy) is 6. The van der Waals surface area contributed by atoms with Gasteiger partial charge in [0.05, 0.1) is 69.1 Å². The van der Waals surface area contributed by atoms with Crippen LogP contribution in [0.1, 0.15) is 31.0 Å². The Labute approximate surface area is 303 Å². The van der Waals surface area contributed by atoms with Crippen molar-refractivity contribution in [2.24, 2.45) is 4.99 Å². The number of methoxy groups -OCH3 is 2. The molecule has 1 atom stereocenters. The van der Waals surface area contributed by atoms with E-state index >= 15 is 0 Å². The molecule has 272 valence electrons. The molecule has 0 bridgehead atoms. The van der Waals surface area contributed by atoms with Crippen molar-refractivity contribution in [3.8, 4) is 23.3 Å². The summed E-state index contributed by atoms with van der Waals surface area (Å²) in [6, 6.07) is 12.0. The fraction of sp³-hybridized carbons (Fsp3) is 0.389. The summed E-state index contributed by atoms with van der Waals surface area (Å²) in [6.07, 6.45) is 1.76. The van der Waals surface area contributed by atoms with E-state index in [4.69, 9.17) is 33.4 Å². The van der Waals surface area contributed by atoms with Gasteiger partial charge in [0.15, 0.2) is 16.3 Å². The summed E-state index contributed by atoms with van der Waals surface area (Å²) in [4.78, 5) is 50.6. The number of rotatable bonds is 10. The minimum atomic E-state index is -0.737. The topological polar surface area (TPSA) is 152 Å². The quantitative estimate of drug-likeness (QED) is 0.220. The molecule has 52 heavy (non-hydrogen) atoms. The van der Waals surface area contributed by atoms with E-state index in [0.29, 0.717) is 108 Å². The predicted octanol–water partition coefficient (Wildman–Crippen LogP) is 2.47. The van der Waals surface area contributed by atoms with Crippen LogP contribution in [0.4, 0.5) is 11.9 Å². The van der Waals surface area contributed by atoms with Gasteiger partial charge in [0, 0.05) is 26.2 Å². The Morgan fingerprint density at radius 1 is 0.904 bits per heavy atom. The van der Waals surface area contributed by atoms with Crippen LogP contribution in [0, 0.1) is 0 Å². The first-order valence-corrected chi connectivity index (χ1v) is 17.8. The SMILES string of the molecule is CCOC(=O)C1=C(C)N=c2sc(=Cc3ccc(Oc4nc(N5CCOCC5)nc(N5CCOCC5)n4)c(OC)c3)c(=O)n2[C@@H]1c1ccc(OC)cc1. The lowest BCUT2D eigenvalue weighted by Gasteiger charge is -2.30. The van der Waals surface area contributed by atoms with Crippen molar-refractivity contribution in [1.29, 1.82) is 0 Å². The zero-order valence-corrected chi connectivity index (χ0v) is 30.2. The van der Waals surface area contributed by atoms with Gasteiger partial charge in [-0.2, -0.15) is 15.0 Å². The summed E-state index contributed by atoms with van der Waals surface area (Å²) in [6.45, 7) is 8.61. The van der Waals surface area contributed by atoms with Gasteiger partial charge in [-0.1, -0.05) is 29.5 Å². The van der Waals surface area contributed by atoms with E-state index in [1.165, 1.54) is 11.3 Å².